The molecule has 1 heterocycles. The summed E-state index contributed by atoms with van der Waals surface area (Å²) in [5.74, 6) is 0.295. The molecule has 1 aliphatic carbocycles. The molecule has 1 aromatic carbocycles. The summed E-state index contributed by atoms with van der Waals surface area (Å²) >= 11 is 1.71. The van der Waals surface area contributed by atoms with Gasteiger partial charge in [-0.1, -0.05) is 24.6 Å². The standard InChI is InChI=1S/C15H18F2N2S/c16-12-3-4-13(17)11(7-12)8-18-14-19-9-15(10-20-14)5-1-2-6-15/h3-4,7H,1-2,5-6,8-10H2,(H,18,19). The fourth-order valence-corrected chi connectivity index (χ4v) is 4.09. The average Bonchev–Trinajstić information content (AvgIpc) is 2.90. The fourth-order valence-electron chi connectivity index (χ4n) is 2.94. The number of hydrogen-bond donors (Lipinski definition) is 1. The number of halogens is 2. The van der Waals surface area contributed by atoms with E-state index in [4.69, 9.17) is 0 Å². The Labute approximate surface area is 122 Å². The third-order valence-corrected chi connectivity index (χ3v) is 5.48. The van der Waals surface area contributed by atoms with Crippen LogP contribution in [-0.2, 0) is 6.54 Å². The molecule has 108 valence electrons. The summed E-state index contributed by atoms with van der Waals surface area (Å²) in [5.41, 5.74) is 0.745. The number of nitrogens with one attached hydrogen (secondary N) is 1. The molecule has 1 aliphatic heterocycles. The highest BCUT2D eigenvalue weighted by Crippen LogP contribution is 2.43. The minimum atomic E-state index is -0.411. The Kier molecular flexibility index (Phi) is 3.96. The van der Waals surface area contributed by atoms with E-state index in [1.54, 1.807) is 11.8 Å². The largest absolute Gasteiger partial charge is 0.361 e. The quantitative estimate of drug-likeness (QED) is 0.899. The lowest BCUT2D eigenvalue weighted by Crippen LogP contribution is -2.33. The SMILES string of the molecule is Fc1ccc(F)c(CNC2=NCC3(CCCC3)CS2)c1. The van der Waals surface area contributed by atoms with Crippen molar-refractivity contribution in [1.82, 2.24) is 5.32 Å². The van der Waals surface area contributed by atoms with Crippen LogP contribution in [0.15, 0.2) is 23.2 Å². The summed E-state index contributed by atoms with van der Waals surface area (Å²) in [6.45, 7) is 1.15. The maximum atomic E-state index is 13.5. The molecule has 1 aromatic rings. The lowest BCUT2D eigenvalue weighted by Gasteiger charge is -2.31. The Morgan fingerprint density at radius 2 is 2.05 bits per heavy atom. The Hall–Kier alpha value is -1.10. The van der Waals surface area contributed by atoms with Gasteiger partial charge in [0.15, 0.2) is 5.17 Å². The first-order chi connectivity index (χ1) is 9.67. The molecular weight excluding hydrogens is 278 g/mol. The maximum Gasteiger partial charge on any atom is 0.156 e. The molecule has 0 unspecified atom stereocenters. The Morgan fingerprint density at radius 3 is 2.75 bits per heavy atom. The lowest BCUT2D eigenvalue weighted by molar-refractivity contribution is 0.358. The van der Waals surface area contributed by atoms with Gasteiger partial charge in [0.25, 0.3) is 0 Å². The van der Waals surface area contributed by atoms with Crippen LogP contribution in [-0.4, -0.2) is 17.5 Å². The molecule has 2 nitrogen and oxygen atoms in total. The highest BCUT2D eigenvalue weighted by Gasteiger charge is 2.36. The molecule has 1 spiro atoms. The molecule has 1 N–H and O–H groups in total. The zero-order valence-electron chi connectivity index (χ0n) is 11.3. The second kappa shape index (κ2) is 5.72. The summed E-state index contributed by atoms with van der Waals surface area (Å²) < 4.78 is 26.6. The molecule has 0 atom stereocenters. The third kappa shape index (κ3) is 2.97. The van der Waals surface area contributed by atoms with Crippen molar-refractivity contribution in [2.24, 2.45) is 10.4 Å². The summed E-state index contributed by atoms with van der Waals surface area (Å²) in [7, 11) is 0. The number of hydrogen-bond acceptors (Lipinski definition) is 3. The van der Waals surface area contributed by atoms with Crippen molar-refractivity contribution in [3.05, 3.63) is 35.4 Å². The predicted molar refractivity (Wildman–Crippen MR) is 78.9 cm³/mol. The van der Waals surface area contributed by atoms with Crippen molar-refractivity contribution in [2.45, 2.75) is 32.2 Å². The van der Waals surface area contributed by atoms with Gasteiger partial charge in [-0.25, -0.2) is 8.78 Å². The average molecular weight is 296 g/mol. The first kappa shape index (κ1) is 13.9. The molecule has 0 aromatic heterocycles. The van der Waals surface area contributed by atoms with Crippen LogP contribution < -0.4 is 5.32 Å². The zero-order valence-corrected chi connectivity index (χ0v) is 12.1. The first-order valence-corrected chi connectivity index (χ1v) is 8.01. The monoisotopic (exact) mass is 296 g/mol. The van der Waals surface area contributed by atoms with Gasteiger partial charge < -0.3 is 5.32 Å². The number of rotatable bonds is 2. The van der Waals surface area contributed by atoms with Crippen LogP contribution in [0.4, 0.5) is 8.78 Å². The van der Waals surface area contributed by atoms with Crippen LogP contribution in [0.5, 0.6) is 0 Å². The van der Waals surface area contributed by atoms with Gasteiger partial charge in [-0.2, -0.15) is 0 Å². The van der Waals surface area contributed by atoms with Crippen molar-refractivity contribution >= 4 is 16.9 Å². The number of aliphatic imine (C=N–C) groups is 1. The molecule has 3 rings (SSSR count). The van der Waals surface area contributed by atoms with Gasteiger partial charge in [0.1, 0.15) is 11.6 Å². The smallest absolute Gasteiger partial charge is 0.156 e. The Balaban J connectivity index is 1.59. The van der Waals surface area contributed by atoms with Gasteiger partial charge in [0.2, 0.25) is 0 Å². The van der Waals surface area contributed by atoms with E-state index in [1.165, 1.54) is 31.7 Å². The van der Waals surface area contributed by atoms with E-state index in [-0.39, 0.29) is 12.4 Å². The highest BCUT2D eigenvalue weighted by atomic mass is 32.2. The van der Waals surface area contributed by atoms with Crippen molar-refractivity contribution in [1.29, 1.82) is 0 Å². The molecule has 0 radical (unpaired) electrons. The molecule has 0 amide bonds. The van der Waals surface area contributed by atoms with E-state index < -0.39 is 5.82 Å². The van der Waals surface area contributed by atoms with Crippen LogP contribution in [0.25, 0.3) is 0 Å². The minimum Gasteiger partial charge on any atom is -0.361 e. The summed E-state index contributed by atoms with van der Waals surface area (Å²) in [6.07, 6.45) is 5.17. The van der Waals surface area contributed by atoms with Gasteiger partial charge in [-0.15, -0.1) is 0 Å². The number of benzene rings is 1. The summed E-state index contributed by atoms with van der Waals surface area (Å²) in [6, 6.07) is 3.53. The van der Waals surface area contributed by atoms with Crippen molar-refractivity contribution < 1.29 is 8.78 Å². The summed E-state index contributed by atoms with van der Waals surface area (Å²) in [4.78, 5) is 4.58. The molecule has 2 aliphatic rings. The number of nitrogens with zero attached hydrogens (tertiary/aromatic N) is 1. The van der Waals surface area contributed by atoms with Crippen LogP contribution in [0, 0.1) is 17.0 Å². The lowest BCUT2D eigenvalue weighted by atomic mass is 9.89. The van der Waals surface area contributed by atoms with Gasteiger partial charge in [0.05, 0.1) is 0 Å². The van der Waals surface area contributed by atoms with E-state index >= 15 is 0 Å². The molecule has 5 heteroatoms. The van der Waals surface area contributed by atoms with E-state index in [0.717, 1.165) is 29.6 Å². The van der Waals surface area contributed by atoms with Crippen LogP contribution in [0.1, 0.15) is 31.2 Å². The minimum absolute atomic E-state index is 0.280. The molecule has 0 saturated heterocycles. The molecule has 1 fully saturated rings. The van der Waals surface area contributed by atoms with Crippen molar-refractivity contribution in [3.63, 3.8) is 0 Å². The van der Waals surface area contributed by atoms with Gasteiger partial charge >= 0.3 is 0 Å². The van der Waals surface area contributed by atoms with Gasteiger partial charge in [-0.3, -0.25) is 4.99 Å². The van der Waals surface area contributed by atoms with E-state index in [0.29, 0.717) is 11.0 Å². The third-order valence-electron chi connectivity index (χ3n) is 4.18. The predicted octanol–water partition coefficient (Wildman–Crippen LogP) is 3.72. The molecule has 1 saturated carbocycles. The maximum absolute atomic E-state index is 13.5. The van der Waals surface area contributed by atoms with E-state index in [9.17, 15) is 8.78 Å². The summed E-state index contributed by atoms with van der Waals surface area (Å²) in [5, 5.41) is 3.97. The van der Waals surface area contributed by atoms with Crippen molar-refractivity contribution in [2.75, 3.05) is 12.3 Å². The Morgan fingerprint density at radius 1 is 1.25 bits per heavy atom. The fraction of sp³-hybridized carbons (Fsp3) is 0.533. The van der Waals surface area contributed by atoms with Gasteiger partial charge in [-0.05, 0) is 36.5 Å². The van der Waals surface area contributed by atoms with E-state index in [1.807, 2.05) is 0 Å². The first-order valence-electron chi connectivity index (χ1n) is 7.02. The zero-order chi connectivity index (χ0) is 14.0. The molecular formula is C15H18F2N2S. The second-order valence-electron chi connectivity index (χ2n) is 5.71. The molecule has 0 bridgehead atoms. The Bertz CT molecular complexity index is 525. The van der Waals surface area contributed by atoms with Crippen LogP contribution in [0.2, 0.25) is 0 Å². The number of thioether (sulfide) groups is 1. The van der Waals surface area contributed by atoms with Crippen LogP contribution >= 0.6 is 11.8 Å². The van der Waals surface area contributed by atoms with Gasteiger partial charge in [0, 0.05) is 24.4 Å². The van der Waals surface area contributed by atoms with E-state index in [2.05, 4.69) is 10.3 Å². The highest BCUT2D eigenvalue weighted by molar-refractivity contribution is 8.13. The number of amidine groups is 1. The van der Waals surface area contributed by atoms with Crippen LogP contribution in [0.3, 0.4) is 0 Å². The molecule has 20 heavy (non-hydrogen) atoms. The van der Waals surface area contributed by atoms with Crippen molar-refractivity contribution in [3.8, 4) is 0 Å². The second-order valence-corrected chi connectivity index (χ2v) is 6.67. The topological polar surface area (TPSA) is 24.4 Å². The normalized spacial score (nSPS) is 21.0.